The zero-order valence-electron chi connectivity index (χ0n) is 20.1. The number of rotatable bonds is 5. The van der Waals surface area contributed by atoms with Gasteiger partial charge in [-0.25, -0.2) is 8.42 Å². The lowest BCUT2D eigenvalue weighted by atomic mass is 9.74. The molecule has 6 nitrogen and oxygen atoms in total. The van der Waals surface area contributed by atoms with Crippen LogP contribution in [0.15, 0.2) is 53.4 Å². The molecule has 0 aliphatic carbocycles. The standard InChI is InChI=1S/C27H34N2O4S/c1-20(2)9-10-21-11-13-22(14-12-21)27-25-18-28(15-4-5-16-29(25)26(27)19-30)34(31,32)24-8-6-7-23(17-24)33-3/h6-8,11-14,17,20,25-27,30H,4-5,15-16,18-19H2,1-3H3/t25-,26-,27-/m1/s1. The SMILES string of the molecule is COc1cccc(S(=O)(=O)N2CCCCN3[C@H](CO)[C@H](c4ccc(C#CC(C)C)cc4)[C@H]3C2)c1. The summed E-state index contributed by atoms with van der Waals surface area (Å²) in [6.45, 7) is 5.95. The van der Waals surface area contributed by atoms with E-state index < -0.39 is 10.0 Å². The van der Waals surface area contributed by atoms with Crippen LogP contribution in [0.1, 0.15) is 43.7 Å². The van der Waals surface area contributed by atoms with Crippen molar-refractivity contribution in [1.29, 1.82) is 0 Å². The van der Waals surface area contributed by atoms with Crippen LogP contribution in [0.3, 0.4) is 0 Å². The highest BCUT2D eigenvalue weighted by Crippen LogP contribution is 2.42. The Morgan fingerprint density at radius 2 is 1.85 bits per heavy atom. The molecule has 34 heavy (non-hydrogen) atoms. The summed E-state index contributed by atoms with van der Waals surface area (Å²) in [5.74, 6) is 7.28. The molecule has 3 atom stereocenters. The molecule has 0 amide bonds. The number of nitrogens with zero attached hydrogens (tertiary/aromatic N) is 2. The lowest BCUT2D eigenvalue weighted by Crippen LogP contribution is -2.67. The van der Waals surface area contributed by atoms with Crippen LogP contribution in [0, 0.1) is 17.8 Å². The van der Waals surface area contributed by atoms with Crippen molar-refractivity contribution < 1.29 is 18.3 Å². The van der Waals surface area contributed by atoms with Crippen molar-refractivity contribution >= 4 is 10.0 Å². The number of hydrogen-bond donors (Lipinski definition) is 1. The van der Waals surface area contributed by atoms with Gasteiger partial charge in [-0.05, 0) is 49.2 Å². The van der Waals surface area contributed by atoms with Crippen molar-refractivity contribution in [2.24, 2.45) is 5.92 Å². The van der Waals surface area contributed by atoms with E-state index in [4.69, 9.17) is 4.74 Å². The summed E-state index contributed by atoms with van der Waals surface area (Å²) >= 11 is 0. The Morgan fingerprint density at radius 3 is 2.53 bits per heavy atom. The fourth-order valence-corrected chi connectivity index (χ4v) is 6.59. The van der Waals surface area contributed by atoms with Gasteiger partial charge >= 0.3 is 0 Å². The molecule has 0 radical (unpaired) electrons. The third-order valence-electron chi connectivity index (χ3n) is 6.81. The van der Waals surface area contributed by atoms with E-state index in [0.29, 0.717) is 24.8 Å². The molecule has 0 saturated carbocycles. The van der Waals surface area contributed by atoms with Gasteiger partial charge in [-0.3, -0.25) is 4.90 Å². The molecule has 0 bridgehead atoms. The molecule has 2 aromatic carbocycles. The number of aliphatic hydroxyl groups is 1. The van der Waals surface area contributed by atoms with Gasteiger partial charge in [0.15, 0.2) is 0 Å². The van der Waals surface area contributed by atoms with Gasteiger partial charge < -0.3 is 9.84 Å². The molecule has 182 valence electrons. The van der Waals surface area contributed by atoms with Crippen molar-refractivity contribution in [3.05, 3.63) is 59.7 Å². The Morgan fingerprint density at radius 1 is 1.12 bits per heavy atom. The smallest absolute Gasteiger partial charge is 0.243 e. The molecule has 0 unspecified atom stereocenters. The van der Waals surface area contributed by atoms with Crippen molar-refractivity contribution in [2.75, 3.05) is 33.4 Å². The average Bonchev–Trinajstić information content (AvgIpc) is 2.82. The fourth-order valence-electron chi connectivity index (χ4n) is 5.05. The van der Waals surface area contributed by atoms with Gasteiger partial charge in [-0.1, -0.05) is 43.9 Å². The molecular weight excluding hydrogens is 448 g/mol. The Labute approximate surface area is 203 Å². The first-order valence-electron chi connectivity index (χ1n) is 12.0. The molecule has 0 aromatic heterocycles. The van der Waals surface area contributed by atoms with Crippen LogP contribution >= 0.6 is 0 Å². The number of ether oxygens (including phenoxy) is 1. The molecular formula is C27H34N2O4S. The fraction of sp³-hybridized carbons (Fsp3) is 0.481. The quantitative estimate of drug-likeness (QED) is 0.662. The second kappa shape index (κ2) is 10.5. The van der Waals surface area contributed by atoms with Gasteiger partial charge in [0.05, 0.1) is 18.6 Å². The highest BCUT2D eigenvalue weighted by atomic mass is 32.2. The number of hydrogen-bond acceptors (Lipinski definition) is 5. The lowest BCUT2D eigenvalue weighted by molar-refractivity contribution is -0.0553. The van der Waals surface area contributed by atoms with Crippen molar-refractivity contribution in [1.82, 2.24) is 9.21 Å². The molecule has 2 aliphatic heterocycles. The number of benzene rings is 2. The first-order valence-corrected chi connectivity index (χ1v) is 13.4. The number of aliphatic hydroxyl groups excluding tert-OH is 1. The minimum absolute atomic E-state index is 0.00271. The van der Waals surface area contributed by atoms with Crippen LogP contribution in [-0.4, -0.2) is 68.2 Å². The third kappa shape index (κ3) is 5.01. The van der Waals surface area contributed by atoms with E-state index in [1.807, 2.05) is 12.1 Å². The normalized spacial score (nSPS) is 23.7. The van der Waals surface area contributed by atoms with Gasteiger partial charge in [0.2, 0.25) is 10.0 Å². The van der Waals surface area contributed by atoms with Gasteiger partial charge in [-0.15, -0.1) is 0 Å². The van der Waals surface area contributed by atoms with Gasteiger partial charge in [0.25, 0.3) is 0 Å². The minimum Gasteiger partial charge on any atom is -0.497 e. The first kappa shape index (κ1) is 24.7. The van der Waals surface area contributed by atoms with Crippen LogP contribution in [0.2, 0.25) is 0 Å². The number of methoxy groups -OCH3 is 1. The van der Waals surface area contributed by atoms with Crippen LogP contribution < -0.4 is 4.74 Å². The summed E-state index contributed by atoms with van der Waals surface area (Å²) in [5.41, 5.74) is 2.09. The molecule has 7 heteroatoms. The highest BCUT2D eigenvalue weighted by Gasteiger charge is 2.50. The monoisotopic (exact) mass is 482 g/mol. The van der Waals surface area contributed by atoms with Crippen molar-refractivity contribution in [3.63, 3.8) is 0 Å². The van der Waals surface area contributed by atoms with E-state index >= 15 is 0 Å². The van der Waals surface area contributed by atoms with Gasteiger partial charge in [0, 0.05) is 48.6 Å². The number of fused-ring (bicyclic) bond motifs is 1. The van der Waals surface area contributed by atoms with Crippen molar-refractivity contribution in [3.8, 4) is 17.6 Å². The largest absolute Gasteiger partial charge is 0.497 e. The summed E-state index contributed by atoms with van der Waals surface area (Å²) in [4.78, 5) is 2.53. The molecule has 2 heterocycles. The predicted molar refractivity (Wildman–Crippen MR) is 133 cm³/mol. The maximum atomic E-state index is 13.5. The lowest BCUT2D eigenvalue weighted by Gasteiger charge is -2.57. The molecule has 2 fully saturated rings. The molecule has 2 aliphatic rings. The minimum atomic E-state index is -3.66. The van der Waals surface area contributed by atoms with E-state index in [-0.39, 0.29) is 29.5 Å². The van der Waals surface area contributed by atoms with E-state index in [2.05, 4.69) is 42.7 Å². The summed E-state index contributed by atoms with van der Waals surface area (Å²) in [6, 6.07) is 14.9. The molecule has 0 spiro atoms. The molecule has 1 N–H and O–H groups in total. The summed E-state index contributed by atoms with van der Waals surface area (Å²) in [5, 5.41) is 10.2. The zero-order valence-corrected chi connectivity index (χ0v) is 21.0. The highest BCUT2D eigenvalue weighted by molar-refractivity contribution is 7.89. The Balaban J connectivity index is 1.61. The van der Waals surface area contributed by atoms with E-state index in [0.717, 1.165) is 30.5 Å². The topological polar surface area (TPSA) is 70.1 Å². The van der Waals surface area contributed by atoms with Crippen LogP contribution in [0.5, 0.6) is 5.75 Å². The summed E-state index contributed by atoms with van der Waals surface area (Å²) in [6.07, 6.45) is 1.69. The van der Waals surface area contributed by atoms with Gasteiger partial charge in [-0.2, -0.15) is 4.31 Å². The summed E-state index contributed by atoms with van der Waals surface area (Å²) in [7, 11) is -2.13. The Kier molecular flexibility index (Phi) is 7.63. The van der Waals surface area contributed by atoms with E-state index in [1.54, 1.807) is 28.6 Å². The second-order valence-electron chi connectivity index (χ2n) is 9.38. The average molecular weight is 483 g/mol. The van der Waals surface area contributed by atoms with Crippen molar-refractivity contribution in [2.45, 2.75) is 49.6 Å². The van der Waals surface area contributed by atoms with Crippen LogP contribution in [0.25, 0.3) is 0 Å². The zero-order chi connectivity index (χ0) is 24.3. The Bertz CT molecular complexity index is 1150. The van der Waals surface area contributed by atoms with Crippen LogP contribution in [-0.2, 0) is 10.0 Å². The third-order valence-corrected chi connectivity index (χ3v) is 8.67. The maximum absolute atomic E-state index is 13.5. The molecule has 4 rings (SSSR count). The van der Waals surface area contributed by atoms with Gasteiger partial charge in [0.1, 0.15) is 5.75 Å². The predicted octanol–water partition coefficient (Wildman–Crippen LogP) is 3.32. The number of sulfonamides is 1. The molecule has 2 saturated heterocycles. The first-order chi connectivity index (χ1) is 16.3. The van der Waals surface area contributed by atoms with E-state index in [9.17, 15) is 13.5 Å². The second-order valence-corrected chi connectivity index (χ2v) is 11.3. The maximum Gasteiger partial charge on any atom is 0.243 e. The molecule has 2 aromatic rings. The van der Waals surface area contributed by atoms with E-state index in [1.165, 1.54) is 7.11 Å². The van der Waals surface area contributed by atoms with Crippen LogP contribution in [0.4, 0.5) is 0 Å². The summed E-state index contributed by atoms with van der Waals surface area (Å²) < 4.78 is 34.0. The Hall–Kier alpha value is -2.37.